The molecule has 0 aliphatic carbocycles. The van der Waals surface area contributed by atoms with Crippen molar-refractivity contribution in [1.82, 2.24) is 0 Å². The van der Waals surface area contributed by atoms with Gasteiger partial charge in [0, 0.05) is 16.4 Å². The Morgan fingerprint density at radius 3 is 0.871 bits per heavy atom. The van der Waals surface area contributed by atoms with E-state index in [2.05, 4.69) is 0 Å². The van der Waals surface area contributed by atoms with Crippen LogP contribution in [0.1, 0.15) is 16.7 Å². The minimum Gasteiger partial charge on any atom is -0.207 e. The third-order valence-electron chi connectivity index (χ3n) is 4.99. The molecule has 0 atom stereocenters. The molecule has 162 valence electrons. The summed E-state index contributed by atoms with van der Waals surface area (Å²) in [5.74, 6) is -15.9. The van der Waals surface area contributed by atoms with E-state index in [1.54, 1.807) is 0 Å². The molecule has 3 aromatic carbocycles. The molecule has 3 rings (SSSR count). The first-order valence-electron chi connectivity index (χ1n) is 8.80. The Balaban J connectivity index is 2.56. The van der Waals surface area contributed by atoms with E-state index in [0.29, 0.717) is 18.2 Å². The van der Waals surface area contributed by atoms with Gasteiger partial charge >= 0.3 is 0 Å². The summed E-state index contributed by atoms with van der Waals surface area (Å²) in [6.45, 7) is 0.194. The molecule has 0 unspecified atom stereocenters. The second-order valence-electron chi connectivity index (χ2n) is 7.08. The SMILES string of the molecule is Cc1cc(F)c(B(c2c(F)cc(C)c(F)c2F)c2c(F)cc(C)c(F)c2F)c(F)c1F. The van der Waals surface area contributed by atoms with Crippen LogP contribution in [0, 0.1) is 73.1 Å². The van der Waals surface area contributed by atoms with Gasteiger partial charge in [-0.25, -0.2) is 39.5 Å². The van der Waals surface area contributed by atoms with Crippen LogP contribution < -0.4 is 16.4 Å². The molecule has 0 nitrogen and oxygen atoms in total. The van der Waals surface area contributed by atoms with Crippen molar-refractivity contribution in [2.75, 3.05) is 0 Å². The van der Waals surface area contributed by atoms with Gasteiger partial charge in [0.15, 0.2) is 34.9 Å². The first-order chi connectivity index (χ1) is 14.4. The minimum absolute atomic E-state index is 0.432. The molecule has 0 bridgehead atoms. The molecule has 0 spiro atoms. The van der Waals surface area contributed by atoms with Crippen LogP contribution in [0.25, 0.3) is 0 Å². The zero-order chi connectivity index (χ0) is 23.4. The second kappa shape index (κ2) is 7.98. The summed E-state index contributed by atoms with van der Waals surface area (Å²) in [4.78, 5) is 0. The Hall–Kier alpha value is -2.91. The number of halogens is 9. The highest BCUT2D eigenvalue weighted by Gasteiger charge is 2.40. The molecule has 0 saturated heterocycles. The summed E-state index contributed by atoms with van der Waals surface area (Å²) < 4.78 is 131. The van der Waals surface area contributed by atoms with Crippen LogP contribution in [-0.2, 0) is 0 Å². The van der Waals surface area contributed by atoms with Crippen LogP contribution in [0.5, 0.6) is 0 Å². The van der Waals surface area contributed by atoms with E-state index in [0.717, 1.165) is 20.8 Å². The molecule has 10 heteroatoms. The summed E-state index contributed by atoms with van der Waals surface area (Å²) in [6.07, 6.45) is 0. The highest BCUT2D eigenvalue weighted by Crippen LogP contribution is 2.19. The lowest BCUT2D eigenvalue weighted by Crippen LogP contribution is -2.59. The van der Waals surface area contributed by atoms with E-state index in [-0.39, 0.29) is 0 Å². The Kier molecular flexibility index (Phi) is 5.86. The van der Waals surface area contributed by atoms with Crippen LogP contribution in [0.4, 0.5) is 39.5 Å². The number of hydrogen-bond acceptors (Lipinski definition) is 0. The summed E-state index contributed by atoms with van der Waals surface area (Å²) >= 11 is 0. The summed E-state index contributed by atoms with van der Waals surface area (Å²) in [5.41, 5.74) is -6.18. The fourth-order valence-electron chi connectivity index (χ4n) is 3.41. The molecule has 0 aromatic heterocycles. The third kappa shape index (κ3) is 3.57. The van der Waals surface area contributed by atoms with Gasteiger partial charge in [0.05, 0.1) is 0 Å². The zero-order valence-electron chi connectivity index (χ0n) is 16.2. The van der Waals surface area contributed by atoms with E-state index in [9.17, 15) is 39.5 Å². The molecule has 3 aromatic rings. The van der Waals surface area contributed by atoms with Crippen LogP contribution in [0.2, 0.25) is 0 Å². The largest absolute Gasteiger partial charge is 0.264 e. The maximum absolute atomic E-state index is 14.7. The number of rotatable bonds is 3. The molecular weight excluding hydrogens is 434 g/mol. The molecule has 0 fully saturated rings. The van der Waals surface area contributed by atoms with Gasteiger partial charge in [-0.15, -0.1) is 0 Å². The van der Waals surface area contributed by atoms with Gasteiger partial charge in [-0.05, 0) is 55.7 Å². The lowest BCUT2D eigenvalue weighted by molar-refractivity contribution is 0.491. The molecule has 0 N–H and O–H groups in total. The van der Waals surface area contributed by atoms with Crippen molar-refractivity contribution in [2.45, 2.75) is 20.8 Å². The van der Waals surface area contributed by atoms with Gasteiger partial charge in [0.25, 0.3) is 6.71 Å². The van der Waals surface area contributed by atoms with Crippen molar-refractivity contribution in [3.05, 3.63) is 87.2 Å². The predicted octanol–water partition coefficient (Wildman–Crippen LogP) is 4.38. The zero-order valence-corrected chi connectivity index (χ0v) is 16.2. The molecular formula is C21H12BF9. The van der Waals surface area contributed by atoms with E-state index in [1.165, 1.54) is 0 Å². The van der Waals surface area contributed by atoms with Crippen molar-refractivity contribution < 1.29 is 39.5 Å². The molecule has 0 amide bonds. The lowest BCUT2D eigenvalue weighted by atomic mass is 9.36. The molecule has 0 saturated carbocycles. The van der Waals surface area contributed by atoms with Crippen molar-refractivity contribution in [1.29, 1.82) is 0 Å². The van der Waals surface area contributed by atoms with Gasteiger partial charge in [-0.2, -0.15) is 0 Å². The monoisotopic (exact) mass is 446 g/mol. The van der Waals surface area contributed by atoms with Gasteiger partial charge in [0.2, 0.25) is 0 Å². The quantitative estimate of drug-likeness (QED) is 0.319. The van der Waals surface area contributed by atoms with Crippen LogP contribution in [0.15, 0.2) is 18.2 Å². The van der Waals surface area contributed by atoms with E-state index in [1.807, 2.05) is 0 Å². The minimum atomic E-state index is -2.72. The summed E-state index contributed by atoms with van der Waals surface area (Å²) in [6, 6.07) is 1.30. The number of aryl methyl sites for hydroxylation is 3. The fraction of sp³-hybridized carbons (Fsp3) is 0.143. The maximum Gasteiger partial charge on any atom is 0.264 e. The lowest BCUT2D eigenvalue weighted by Gasteiger charge is -2.21. The summed E-state index contributed by atoms with van der Waals surface area (Å²) in [7, 11) is 0. The normalized spacial score (nSPS) is 11.2. The standard InChI is InChI=1S/C21H12BF9/c1-7-4-10(23)13(19(29)16(7)26)22(14-11(24)5-8(2)17(27)20(14)30)15-12(25)6-9(3)18(28)21(15)31/h4-6H,1-3H3. The third-order valence-corrected chi connectivity index (χ3v) is 4.99. The topological polar surface area (TPSA) is 0 Å². The number of hydrogen-bond donors (Lipinski definition) is 0. The predicted molar refractivity (Wildman–Crippen MR) is 97.8 cm³/mol. The molecule has 0 aliphatic rings. The van der Waals surface area contributed by atoms with E-state index < -0.39 is 92.1 Å². The Morgan fingerprint density at radius 2 is 0.645 bits per heavy atom. The molecule has 0 radical (unpaired) electrons. The Bertz CT molecular complexity index is 1070. The molecule has 0 heterocycles. The van der Waals surface area contributed by atoms with Crippen molar-refractivity contribution in [3.8, 4) is 0 Å². The fourth-order valence-corrected chi connectivity index (χ4v) is 3.41. The number of benzene rings is 3. The van der Waals surface area contributed by atoms with Crippen molar-refractivity contribution >= 4 is 23.1 Å². The van der Waals surface area contributed by atoms with Crippen LogP contribution in [0.3, 0.4) is 0 Å². The van der Waals surface area contributed by atoms with E-state index in [4.69, 9.17) is 0 Å². The van der Waals surface area contributed by atoms with E-state index >= 15 is 0 Å². The first-order valence-corrected chi connectivity index (χ1v) is 8.80. The first kappa shape index (κ1) is 22.8. The Labute approximate surface area is 171 Å². The van der Waals surface area contributed by atoms with Crippen LogP contribution >= 0.6 is 0 Å². The molecule has 0 aliphatic heterocycles. The summed E-state index contributed by atoms with van der Waals surface area (Å²) in [5, 5.41) is 0. The van der Waals surface area contributed by atoms with Crippen molar-refractivity contribution in [2.24, 2.45) is 0 Å². The van der Waals surface area contributed by atoms with Crippen molar-refractivity contribution in [3.63, 3.8) is 0 Å². The van der Waals surface area contributed by atoms with Crippen LogP contribution in [-0.4, -0.2) is 6.71 Å². The second-order valence-corrected chi connectivity index (χ2v) is 7.08. The van der Waals surface area contributed by atoms with Gasteiger partial charge in [-0.3, -0.25) is 0 Å². The Morgan fingerprint density at radius 1 is 0.419 bits per heavy atom. The smallest absolute Gasteiger partial charge is 0.207 e. The average molecular weight is 446 g/mol. The van der Waals surface area contributed by atoms with Gasteiger partial charge in [0.1, 0.15) is 17.5 Å². The maximum atomic E-state index is 14.7. The highest BCUT2D eigenvalue weighted by atomic mass is 19.2. The average Bonchev–Trinajstić information content (AvgIpc) is 2.68. The van der Waals surface area contributed by atoms with Gasteiger partial charge < -0.3 is 0 Å². The highest BCUT2D eigenvalue weighted by molar-refractivity contribution is 6.95. The molecule has 31 heavy (non-hydrogen) atoms. The van der Waals surface area contributed by atoms with Gasteiger partial charge in [-0.1, -0.05) is 0 Å².